The average molecular weight is 881 g/mol. The second-order valence-corrected chi connectivity index (χ2v) is 17.7. The fraction of sp³-hybridized carbons (Fsp3) is 0. The van der Waals surface area contributed by atoms with E-state index in [0.29, 0.717) is 0 Å². The number of para-hydroxylation sites is 5. The fourth-order valence-corrected chi connectivity index (χ4v) is 10.3. The van der Waals surface area contributed by atoms with Gasteiger partial charge in [0.15, 0.2) is 0 Å². The molecule has 0 radical (unpaired) electrons. The molecule has 0 amide bonds. The Morgan fingerprint density at radius 3 is 1.32 bits per heavy atom. The van der Waals surface area contributed by atoms with Crippen LogP contribution in [0.25, 0.3) is 105 Å². The van der Waals surface area contributed by atoms with Crippen LogP contribution in [0.2, 0.25) is 0 Å². The molecule has 0 saturated heterocycles. The Balaban J connectivity index is 0.877. The van der Waals surface area contributed by atoms with Crippen molar-refractivity contribution in [3.63, 3.8) is 0 Å². The molecule has 3 nitrogen and oxygen atoms in total. The molecule has 324 valence electrons. The minimum absolute atomic E-state index is 0.905. The quantitative estimate of drug-likeness (QED) is 0.144. The SMILES string of the molecule is c1ccc(-c2cccc(-c3ccc(N(c4ccc(-c5cccc(-c6cccc7c6oc6ccccc67)c5)cc4)c4ccc(-c5ccccc5-n5c6ccccc6c6ccccc65)cc4)cc3)c2)cc1. The topological polar surface area (TPSA) is 21.3 Å². The van der Waals surface area contributed by atoms with E-state index in [4.69, 9.17) is 4.42 Å². The molecule has 0 aliphatic rings. The second kappa shape index (κ2) is 16.9. The molecule has 0 aliphatic carbocycles. The van der Waals surface area contributed by atoms with Crippen LogP contribution in [-0.4, -0.2) is 4.57 Å². The molecule has 69 heavy (non-hydrogen) atoms. The largest absolute Gasteiger partial charge is 0.455 e. The van der Waals surface area contributed by atoms with Gasteiger partial charge in [-0.05, 0) is 117 Å². The Labute approximate surface area is 401 Å². The Morgan fingerprint density at radius 1 is 0.275 bits per heavy atom. The summed E-state index contributed by atoms with van der Waals surface area (Å²) >= 11 is 0. The van der Waals surface area contributed by atoms with Gasteiger partial charge in [-0.3, -0.25) is 0 Å². The minimum atomic E-state index is 0.905. The highest BCUT2D eigenvalue weighted by molar-refractivity contribution is 6.11. The normalized spacial score (nSPS) is 11.5. The summed E-state index contributed by atoms with van der Waals surface area (Å²) in [7, 11) is 0. The van der Waals surface area contributed by atoms with Gasteiger partial charge in [-0.1, -0.05) is 194 Å². The number of aromatic nitrogens is 1. The Kier molecular flexibility index (Phi) is 9.84. The predicted octanol–water partition coefficient (Wildman–Crippen LogP) is 18.5. The lowest BCUT2D eigenvalue weighted by molar-refractivity contribution is 0.670. The number of hydrogen-bond donors (Lipinski definition) is 0. The molecule has 0 bridgehead atoms. The summed E-state index contributed by atoms with van der Waals surface area (Å²) in [5.41, 5.74) is 20.2. The van der Waals surface area contributed by atoms with E-state index in [-0.39, 0.29) is 0 Å². The number of furan rings is 1. The fourth-order valence-electron chi connectivity index (χ4n) is 10.3. The predicted molar refractivity (Wildman–Crippen MR) is 290 cm³/mol. The van der Waals surface area contributed by atoms with Crippen LogP contribution >= 0.6 is 0 Å². The highest BCUT2D eigenvalue weighted by Crippen LogP contribution is 2.42. The Bertz CT molecular complexity index is 3940. The number of hydrogen-bond acceptors (Lipinski definition) is 2. The molecule has 13 rings (SSSR count). The van der Waals surface area contributed by atoms with Crippen molar-refractivity contribution in [3.8, 4) is 61.3 Å². The third-order valence-corrected chi connectivity index (χ3v) is 13.6. The molecule has 13 aromatic rings. The number of nitrogens with zero attached hydrogens (tertiary/aromatic N) is 2. The molecule has 2 aromatic heterocycles. The van der Waals surface area contributed by atoms with Gasteiger partial charge < -0.3 is 13.9 Å². The van der Waals surface area contributed by atoms with Gasteiger partial charge in [-0.25, -0.2) is 0 Å². The van der Waals surface area contributed by atoms with E-state index in [2.05, 4.69) is 264 Å². The molecule has 2 heterocycles. The van der Waals surface area contributed by atoms with Crippen molar-refractivity contribution in [2.45, 2.75) is 0 Å². The molecule has 0 fully saturated rings. The number of rotatable bonds is 9. The van der Waals surface area contributed by atoms with Gasteiger partial charge in [0.2, 0.25) is 0 Å². The summed E-state index contributed by atoms with van der Waals surface area (Å²) in [6.45, 7) is 0. The first-order chi connectivity index (χ1) is 34.2. The Morgan fingerprint density at radius 2 is 0.696 bits per heavy atom. The molecule has 3 heteroatoms. The number of benzene rings is 11. The van der Waals surface area contributed by atoms with Crippen LogP contribution < -0.4 is 4.90 Å². The van der Waals surface area contributed by atoms with Gasteiger partial charge in [0.25, 0.3) is 0 Å². The van der Waals surface area contributed by atoms with Gasteiger partial charge >= 0.3 is 0 Å². The van der Waals surface area contributed by atoms with Crippen molar-refractivity contribution in [2.24, 2.45) is 0 Å². The molecule has 0 saturated carbocycles. The summed E-state index contributed by atoms with van der Waals surface area (Å²) in [6.07, 6.45) is 0. The van der Waals surface area contributed by atoms with Gasteiger partial charge in [0.05, 0.1) is 16.7 Å². The third-order valence-electron chi connectivity index (χ3n) is 13.6. The second-order valence-electron chi connectivity index (χ2n) is 17.7. The number of fused-ring (bicyclic) bond motifs is 6. The zero-order valence-corrected chi connectivity index (χ0v) is 37.7. The molecule has 0 atom stereocenters. The van der Waals surface area contributed by atoms with Crippen molar-refractivity contribution in [2.75, 3.05) is 4.90 Å². The molecule has 0 aliphatic heterocycles. The van der Waals surface area contributed by atoms with Crippen LogP contribution in [0, 0.1) is 0 Å². The summed E-state index contributed by atoms with van der Waals surface area (Å²) < 4.78 is 8.86. The van der Waals surface area contributed by atoms with Crippen molar-refractivity contribution < 1.29 is 4.42 Å². The standard InChI is InChI=1S/C66H44N2O/c1-2-15-45(16-3-1)49-17-12-18-50(43-49)46-31-37-53(38-32-46)67(54-39-33-47(34-40-54)51-19-13-20-52(44-51)57-25-14-26-61-60-24-7-11-30-65(60)69-66(57)61)55-41-35-48(36-42-55)56-21-4-8-27-62(56)68-63-28-9-5-22-58(63)59-23-6-10-29-64(59)68/h1-44H. The van der Waals surface area contributed by atoms with Crippen LogP contribution in [-0.2, 0) is 0 Å². The summed E-state index contributed by atoms with van der Waals surface area (Å²) in [4.78, 5) is 2.36. The lowest BCUT2D eigenvalue weighted by atomic mass is 9.97. The van der Waals surface area contributed by atoms with Crippen molar-refractivity contribution in [1.82, 2.24) is 4.57 Å². The maximum absolute atomic E-state index is 6.44. The van der Waals surface area contributed by atoms with E-state index in [1.165, 1.54) is 49.6 Å². The van der Waals surface area contributed by atoms with E-state index >= 15 is 0 Å². The van der Waals surface area contributed by atoms with Gasteiger partial charge in [-0.15, -0.1) is 0 Å². The first-order valence-corrected chi connectivity index (χ1v) is 23.6. The van der Waals surface area contributed by atoms with E-state index in [0.717, 1.165) is 72.5 Å². The molecule has 11 aromatic carbocycles. The average Bonchev–Trinajstić information content (AvgIpc) is 3.98. The van der Waals surface area contributed by atoms with Gasteiger partial charge in [-0.2, -0.15) is 0 Å². The van der Waals surface area contributed by atoms with Crippen molar-refractivity contribution >= 4 is 60.8 Å². The van der Waals surface area contributed by atoms with Crippen molar-refractivity contribution in [3.05, 3.63) is 267 Å². The zero-order chi connectivity index (χ0) is 45.7. The zero-order valence-electron chi connectivity index (χ0n) is 37.7. The molecular formula is C66H44N2O. The summed E-state index contributed by atoms with van der Waals surface area (Å²) in [5, 5.41) is 4.77. The van der Waals surface area contributed by atoms with Gasteiger partial charge in [0.1, 0.15) is 11.2 Å². The smallest absolute Gasteiger partial charge is 0.143 e. The molecular weight excluding hydrogens is 837 g/mol. The van der Waals surface area contributed by atoms with Crippen LogP contribution in [0.3, 0.4) is 0 Å². The monoisotopic (exact) mass is 880 g/mol. The number of anilines is 3. The Hall–Kier alpha value is -9.18. The van der Waals surface area contributed by atoms with E-state index in [1.807, 2.05) is 12.1 Å². The molecule has 0 unspecified atom stereocenters. The first-order valence-electron chi connectivity index (χ1n) is 23.6. The minimum Gasteiger partial charge on any atom is -0.455 e. The van der Waals surface area contributed by atoms with Crippen molar-refractivity contribution in [1.29, 1.82) is 0 Å². The summed E-state index contributed by atoms with van der Waals surface area (Å²) in [5.74, 6) is 0. The summed E-state index contributed by atoms with van der Waals surface area (Å²) in [6, 6.07) is 96.0. The lowest BCUT2D eigenvalue weighted by Crippen LogP contribution is -2.09. The van der Waals surface area contributed by atoms with E-state index in [1.54, 1.807) is 0 Å². The van der Waals surface area contributed by atoms with Gasteiger partial charge in [0, 0.05) is 49.7 Å². The van der Waals surface area contributed by atoms with Crippen LogP contribution in [0.1, 0.15) is 0 Å². The third kappa shape index (κ3) is 7.16. The van der Waals surface area contributed by atoms with Crippen LogP contribution in [0.4, 0.5) is 17.1 Å². The first kappa shape index (κ1) is 40.1. The van der Waals surface area contributed by atoms with Crippen LogP contribution in [0.5, 0.6) is 0 Å². The lowest BCUT2D eigenvalue weighted by Gasteiger charge is -2.26. The van der Waals surface area contributed by atoms with E-state index < -0.39 is 0 Å². The highest BCUT2D eigenvalue weighted by Gasteiger charge is 2.18. The highest BCUT2D eigenvalue weighted by atomic mass is 16.3. The van der Waals surface area contributed by atoms with E-state index in [9.17, 15) is 0 Å². The van der Waals surface area contributed by atoms with Crippen LogP contribution in [0.15, 0.2) is 271 Å². The molecule has 0 spiro atoms. The maximum atomic E-state index is 6.44. The maximum Gasteiger partial charge on any atom is 0.143 e. The molecule has 0 N–H and O–H groups in total.